The third kappa shape index (κ3) is 5.14. The molecule has 11 heteroatoms. The van der Waals surface area contributed by atoms with Crippen molar-refractivity contribution >= 4 is 45.6 Å². The number of ketones is 2. The third-order valence-electron chi connectivity index (χ3n) is 9.94. The number of hydrogen-bond donors (Lipinski definition) is 1. The fraction of sp³-hybridized carbons (Fsp3) is 0.429. The number of carboxylic acids is 1. The maximum absolute atomic E-state index is 14.0. The Hall–Kier alpha value is -3.94. The zero-order valence-electron chi connectivity index (χ0n) is 26.8. The number of aromatic nitrogens is 4. The SMILES string of the molecule is CC[C@H]1c2cc3[n-]c4c(c3C)C(=O)[C@H](C(=O)OC)c4c3nc(cc4[n-]c(cc(n2)[C@@H]1C)c(C(C)=O)c4C)[C@@H](C)[C@@H]3CCC(=O)O.[Pd+2]. The summed E-state index contributed by atoms with van der Waals surface area (Å²) >= 11 is 0. The van der Waals surface area contributed by atoms with Gasteiger partial charge < -0.3 is 19.8 Å². The van der Waals surface area contributed by atoms with Crippen LogP contribution >= 0.6 is 0 Å². The third-order valence-corrected chi connectivity index (χ3v) is 9.94. The van der Waals surface area contributed by atoms with Crippen molar-refractivity contribution < 1.29 is 49.4 Å². The van der Waals surface area contributed by atoms with Gasteiger partial charge in [-0.15, -0.1) is 22.1 Å². The smallest absolute Gasteiger partial charge is 0.657 e. The first-order chi connectivity index (χ1) is 21.4. The summed E-state index contributed by atoms with van der Waals surface area (Å²) in [6, 6.07) is 5.64. The monoisotopic (exact) mass is 714 g/mol. The van der Waals surface area contributed by atoms with Crippen LogP contribution in [0.15, 0.2) is 18.2 Å². The number of carbonyl (C=O) groups is 4. The van der Waals surface area contributed by atoms with Crippen LogP contribution in [0.1, 0.15) is 137 Å². The summed E-state index contributed by atoms with van der Waals surface area (Å²) in [5, 5.41) is 9.59. The Labute approximate surface area is 280 Å². The van der Waals surface area contributed by atoms with Crippen molar-refractivity contribution in [2.24, 2.45) is 0 Å². The van der Waals surface area contributed by atoms with Crippen LogP contribution in [0, 0.1) is 13.8 Å². The summed E-state index contributed by atoms with van der Waals surface area (Å²) in [5.74, 6) is -3.98. The molecule has 46 heavy (non-hydrogen) atoms. The molecule has 0 aromatic carbocycles. The molecule has 5 atom stereocenters. The Morgan fingerprint density at radius 2 is 1.52 bits per heavy atom. The molecule has 3 aromatic heterocycles. The van der Waals surface area contributed by atoms with Gasteiger partial charge in [0.05, 0.1) is 7.11 Å². The van der Waals surface area contributed by atoms with Gasteiger partial charge >= 0.3 is 32.4 Å². The number of aliphatic carboxylic acids is 1. The summed E-state index contributed by atoms with van der Waals surface area (Å²) < 4.78 is 5.11. The number of carboxylic acid groups (broad SMARTS) is 1. The van der Waals surface area contributed by atoms with E-state index >= 15 is 0 Å². The summed E-state index contributed by atoms with van der Waals surface area (Å²) in [6.45, 7) is 11.4. The Morgan fingerprint density at radius 3 is 2.15 bits per heavy atom. The predicted octanol–water partition coefficient (Wildman–Crippen LogP) is 5.89. The number of methoxy groups -OCH3 is 1. The molecule has 0 unspecified atom stereocenters. The van der Waals surface area contributed by atoms with Crippen LogP contribution in [0.25, 0.3) is 22.1 Å². The van der Waals surface area contributed by atoms with Crippen LogP contribution in [0.2, 0.25) is 0 Å². The number of ether oxygens (including phenoxy) is 1. The second-order valence-electron chi connectivity index (χ2n) is 12.5. The summed E-state index contributed by atoms with van der Waals surface area (Å²) in [5.41, 5.74) is 7.44. The van der Waals surface area contributed by atoms with Crippen molar-refractivity contribution in [2.45, 2.75) is 90.4 Å². The number of carbonyl (C=O) groups excluding carboxylic acids is 3. The number of nitrogens with zero attached hydrogens (tertiary/aromatic N) is 4. The van der Waals surface area contributed by atoms with Crippen molar-refractivity contribution in [1.29, 1.82) is 0 Å². The zero-order chi connectivity index (χ0) is 32.5. The van der Waals surface area contributed by atoms with E-state index in [1.54, 1.807) is 0 Å². The van der Waals surface area contributed by atoms with Gasteiger partial charge in [0, 0.05) is 64.0 Å². The fourth-order valence-electron chi connectivity index (χ4n) is 7.44. The first-order valence-corrected chi connectivity index (χ1v) is 15.4. The average molecular weight is 715 g/mol. The normalized spacial score (nSPS) is 21.6. The van der Waals surface area contributed by atoms with Crippen molar-refractivity contribution in [2.75, 3.05) is 7.11 Å². The van der Waals surface area contributed by atoms with Crippen LogP contribution in [-0.2, 0) is 34.7 Å². The predicted molar refractivity (Wildman–Crippen MR) is 167 cm³/mol. The van der Waals surface area contributed by atoms with Gasteiger partial charge in [-0.2, -0.15) is 0 Å². The van der Waals surface area contributed by atoms with Crippen LogP contribution in [-0.4, -0.2) is 45.7 Å². The van der Waals surface area contributed by atoms with Gasteiger partial charge in [-0.3, -0.25) is 29.1 Å². The molecule has 0 spiro atoms. The molecule has 10 nitrogen and oxygen atoms in total. The Bertz CT molecular complexity index is 1970. The summed E-state index contributed by atoms with van der Waals surface area (Å²) in [7, 11) is 1.24. The van der Waals surface area contributed by atoms with Gasteiger partial charge in [-0.05, 0) is 39.2 Å². The second kappa shape index (κ2) is 12.3. The minimum absolute atomic E-state index is 0. The first-order valence-electron chi connectivity index (χ1n) is 15.4. The van der Waals surface area contributed by atoms with E-state index in [1.165, 1.54) is 14.0 Å². The number of Topliss-reactive ketones (excluding diaryl/α,β-unsaturated/α-hetero) is 2. The maximum atomic E-state index is 14.0. The Morgan fingerprint density at radius 1 is 0.913 bits per heavy atom. The standard InChI is InChI=1S/C35H38N4O6.Pd/c1-8-19-14(2)21-13-26-28(18(6)40)16(4)23(37-26)11-22-15(3)20(9-10-27(41)42)32(38-22)30-31(35(44)45-7)34(43)29-17(5)24(39-33(29)30)12-25(19)36-21;/h11-15,19-20,31H,8-10H2,1-7H3,(H3,36,37,38,39,40,41,42,43);/q;+2/p-2/t14-,15+,19-,20+,31-;/m1./s1. The molecular weight excluding hydrogens is 679 g/mol. The molecule has 0 saturated carbocycles. The van der Waals surface area contributed by atoms with Gasteiger partial charge in [-0.1, -0.05) is 50.1 Å². The van der Waals surface area contributed by atoms with E-state index < -0.39 is 29.6 Å². The van der Waals surface area contributed by atoms with Crippen LogP contribution in [0.5, 0.6) is 0 Å². The van der Waals surface area contributed by atoms with E-state index in [0.717, 1.165) is 17.8 Å². The van der Waals surface area contributed by atoms with E-state index in [2.05, 4.69) is 13.8 Å². The number of hydrogen-bond acceptors (Lipinski definition) is 7. The van der Waals surface area contributed by atoms with Crippen LogP contribution in [0.4, 0.5) is 0 Å². The molecule has 8 bridgehead atoms. The van der Waals surface area contributed by atoms with E-state index in [9.17, 15) is 24.3 Å². The minimum Gasteiger partial charge on any atom is -0.657 e. The molecule has 0 fully saturated rings. The molecule has 3 aromatic rings. The minimum atomic E-state index is -1.26. The summed E-state index contributed by atoms with van der Waals surface area (Å²) in [6.07, 6.45) is 0.933. The largest absolute Gasteiger partial charge is 2.00 e. The van der Waals surface area contributed by atoms with Gasteiger partial charge in [0.1, 0.15) is 5.92 Å². The number of fused-ring (bicyclic) bond motifs is 8. The van der Waals surface area contributed by atoms with E-state index in [4.69, 9.17) is 24.7 Å². The van der Waals surface area contributed by atoms with Crippen molar-refractivity contribution in [3.05, 3.63) is 68.8 Å². The number of esters is 1. The first kappa shape index (κ1) is 33.4. The number of rotatable bonds is 6. The second-order valence-corrected chi connectivity index (χ2v) is 12.5. The van der Waals surface area contributed by atoms with Gasteiger partial charge in [0.25, 0.3) is 0 Å². The van der Waals surface area contributed by atoms with Gasteiger partial charge in [0.15, 0.2) is 11.6 Å². The quantitative estimate of drug-likeness (QED) is 0.142. The van der Waals surface area contributed by atoms with Gasteiger partial charge in [0.2, 0.25) is 0 Å². The van der Waals surface area contributed by atoms with Crippen LogP contribution < -0.4 is 9.97 Å². The number of aryl methyl sites for hydroxylation is 2. The van der Waals surface area contributed by atoms with E-state index in [0.29, 0.717) is 61.3 Å². The molecule has 6 rings (SSSR count). The van der Waals surface area contributed by atoms with Crippen molar-refractivity contribution in [3.63, 3.8) is 0 Å². The van der Waals surface area contributed by atoms with Gasteiger partial charge in [-0.25, -0.2) is 0 Å². The topological polar surface area (TPSA) is 152 Å². The molecule has 1 N–H and O–H groups in total. The van der Waals surface area contributed by atoms with Crippen LogP contribution in [0.3, 0.4) is 0 Å². The Balaban J connectivity index is 0.00000417. The Kier molecular flexibility index (Phi) is 8.97. The molecule has 0 radical (unpaired) electrons. The van der Waals surface area contributed by atoms with Crippen molar-refractivity contribution in [1.82, 2.24) is 19.9 Å². The van der Waals surface area contributed by atoms with Crippen molar-refractivity contribution in [3.8, 4) is 0 Å². The molecule has 3 aliphatic rings. The van der Waals surface area contributed by atoms with E-state index in [-0.39, 0.29) is 56.8 Å². The molecule has 0 amide bonds. The fourth-order valence-corrected chi connectivity index (χ4v) is 7.44. The average Bonchev–Trinajstić information content (AvgIpc) is 3.72. The molecule has 242 valence electrons. The van der Waals surface area contributed by atoms with E-state index in [1.807, 2.05) is 39.0 Å². The maximum Gasteiger partial charge on any atom is 2.00 e. The summed E-state index contributed by atoms with van der Waals surface area (Å²) in [4.78, 5) is 71.7. The molecule has 5 heterocycles. The zero-order valence-corrected chi connectivity index (χ0v) is 28.4. The molecule has 0 saturated heterocycles. The molecule has 2 aliphatic heterocycles. The molecule has 1 aliphatic carbocycles. The molecular formula is C35H36N4O6Pd.